The number of para-hydroxylation sites is 1. The number of aryl methyl sites for hydroxylation is 1. The van der Waals surface area contributed by atoms with Gasteiger partial charge in [-0.05, 0) is 36.2 Å². The van der Waals surface area contributed by atoms with Crippen LogP contribution >= 0.6 is 0 Å². The lowest BCUT2D eigenvalue weighted by Crippen LogP contribution is -2.34. The van der Waals surface area contributed by atoms with Gasteiger partial charge in [-0.3, -0.25) is 4.79 Å². The van der Waals surface area contributed by atoms with E-state index in [1.165, 1.54) is 11.3 Å². The summed E-state index contributed by atoms with van der Waals surface area (Å²) in [6.45, 7) is 4.18. The maximum absolute atomic E-state index is 13.1. The maximum Gasteiger partial charge on any atom is 0.258 e. The zero-order chi connectivity index (χ0) is 16.7. The SMILES string of the molecule is Cc1ccn2ncc(C(=O)N3CCN(C)c4ccccc4C3)c2c1. The normalized spacial score (nSPS) is 14.6. The molecule has 0 N–H and O–H groups in total. The van der Waals surface area contributed by atoms with Crippen LogP contribution in [0.2, 0.25) is 0 Å². The van der Waals surface area contributed by atoms with Gasteiger partial charge in [0.2, 0.25) is 0 Å². The zero-order valence-electron chi connectivity index (χ0n) is 13.9. The topological polar surface area (TPSA) is 40.9 Å². The predicted octanol–water partition coefficient (Wildman–Crippen LogP) is 2.73. The molecular formula is C19H20N4O. The molecule has 1 amide bonds. The molecule has 3 aromatic rings. The van der Waals surface area contributed by atoms with E-state index in [0.29, 0.717) is 18.7 Å². The Hall–Kier alpha value is -2.82. The second-order valence-electron chi connectivity index (χ2n) is 6.37. The number of carbonyl (C=O) groups is 1. The fourth-order valence-corrected chi connectivity index (χ4v) is 3.29. The summed E-state index contributed by atoms with van der Waals surface area (Å²) in [4.78, 5) is 17.2. The molecule has 0 spiro atoms. The Bertz CT molecular complexity index is 915. The molecule has 1 aliphatic rings. The van der Waals surface area contributed by atoms with Crippen molar-refractivity contribution in [1.29, 1.82) is 0 Å². The first-order chi connectivity index (χ1) is 11.6. The summed E-state index contributed by atoms with van der Waals surface area (Å²) in [7, 11) is 2.07. The minimum atomic E-state index is 0.0423. The smallest absolute Gasteiger partial charge is 0.258 e. The molecule has 4 rings (SSSR count). The molecule has 5 nitrogen and oxygen atoms in total. The molecule has 0 saturated heterocycles. The number of carbonyl (C=O) groups excluding carboxylic acids is 1. The van der Waals surface area contributed by atoms with Crippen LogP contribution in [0.25, 0.3) is 5.52 Å². The van der Waals surface area contributed by atoms with E-state index in [1.807, 2.05) is 42.3 Å². The molecule has 1 aromatic carbocycles. The van der Waals surface area contributed by atoms with Crippen LogP contribution in [0.4, 0.5) is 5.69 Å². The predicted molar refractivity (Wildman–Crippen MR) is 94.4 cm³/mol. The summed E-state index contributed by atoms with van der Waals surface area (Å²) in [5.74, 6) is 0.0423. The van der Waals surface area contributed by atoms with Crippen molar-refractivity contribution >= 4 is 17.1 Å². The van der Waals surface area contributed by atoms with Gasteiger partial charge in [-0.15, -0.1) is 0 Å². The van der Waals surface area contributed by atoms with Crippen LogP contribution in [0, 0.1) is 6.92 Å². The molecule has 0 unspecified atom stereocenters. The quantitative estimate of drug-likeness (QED) is 0.692. The Balaban J connectivity index is 1.70. The number of rotatable bonds is 1. The number of nitrogens with zero attached hydrogens (tertiary/aromatic N) is 4. The Morgan fingerprint density at radius 3 is 2.88 bits per heavy atom. The standard InChI is InChI=1S/C19H20N4O/c1-14-7-8-23-18(11-14)16(12-20-23)19(24)22-10-9-21(2)17-6-4-3-5-15(17)13-22/h3-8,11-12H,9-10,13H2,1-2H3. The van der Waals surface area contributed by atoms with Gasteiger partial charge in [0.1, 0.15) is 0 Å². The van der Waals surface area contributed by atoms with Gasteiger partial charge in [-0.1, -0.05) is 18.2 Å². The number of amides is 1. The Labute approximate surface area is 141 Å². The summed E-state index contributed by atoms with van der Waals surface area (Å²) in [5, 5.41) is 4.32. The molecule has 0 fully saturated rings. The first-order valence-electron chi connectivity index (χ1n) is 8.16. The van der Waals surface area contributed by atoms with Gasteiger partial charge < -0.3 is 9.80 Å². The van der Waals surface area contributed by atoms with E-state index in [2.05, 4.69) is 29.2 Å². The van der Waals surface area contributed by atoms with E-state index < -0.39 is 0 Å². The molecule has 24 heavy (non-hydrogen) atoms. The second-order valence-corrected chi connectivity index (χ2v) is 6.37. The maximum atomic E-state index is 13.1. The van der Waals surface area contributed by atoms with Crippen molar-refractivity contribution in [3.8, 4) is 0 Å². The van der Waals surface area contributed by atoms with E-state index in [9.17, 15) is 4.79 Å². The minimum absolute atomic E-state index is 0.0423. The number of hydrogen-bond acceptors (Lipinski definition) is 3. The highest BCUT2D eigenvalue weighted by atomic mass is 16.2. The Kier molecular flexibility index (Phi) is 3.49. The molecule has 0 saturated carbocycles. The molecule has 1 aliphatic heterocycles. The highest BCUT2D eigenvalue weighted by molar-refractivity contribution is 6.00. The van der Waals surface area contributed by atoms with Crippen molar-refractivity contribution in [3.63, 3.8) is 0 Å². The van der Waals surface area contributed by atoms with E-state index in [0.717, 1.165) is 17.6 Å². The molecule has 0 atom stereocenters. The van der Waals surface area contributed by atoms with Gasteiger partial charge >= 0.3 is 0 Å². The molecule has 2 aromatic heterocycles. The van der Waals surface area contributed by atoms with Crippen molar-refractivity contribution in [3.05, 3.63) is 65.5 Å². The third-order valence-electron chi connectivity index (χ3n) is 4.66. The van der Waals surface area contributed by atoms with Crippen LogP contribution in [0.1, 0.15) is 21.5 Å². The lowest BCUT2D eigenvalue weighted by Gasteiger charge is -2.20. The van der Waals surface area contributed by atoms with Crippen molar-refractivity contribution in [2.75, 3.05) is 25.0 Å². The molecule has 5 heteroatoms. The summed E-state index contributed by atoms with van der Waals surface area (Å²) < 4.78 is 1.76. The summed E-state index contributed by atoms with van der Waals surface area (Å²) in [6, 6.07) is 12.3. The van der Waals surface area contributed by atoms with Crippen LogP contribution in [0.15, 0.2) is 48.8 Å². The number of anilines is 1. The zero-order valence-corrected chi connectivity index (χ0v) is 13.9. The van der Waals surface area contributed by atoms with Gasteiger partial charge in [0.25, 0.3) is 5.91 Å². The summed E-state index contributed by atoms with van der Waals surface area (Å²) in [5.41, 5.74) is 5.03. The van der Waals surface area contributed by atoms with Gasteiger partial charge in [-0.2, -0.15) is 5.10 Å². The lowest BCUT2D eigenvalue weighted by atomic mass is 10.1. The molecule has 3 heterocycles. The third-order valence-corrected chi connectivity index (χ3v) is 4.66. The van der Waals surface area contributed by atoms with E-state index in [-0.39, 0.29) is 5.91 Å². The van der Waals surface area contributed by atoms with Crippen molar-refractivity contribution in [2.24, 2.45) is 0 Å². The van der Waals surface area contributed by atoms with Crippen molar-refractivity contribution in [1.82, 2.24) is 14.5 Å². The van der Waals surface area contributed by atoms with Gasteiger partial charge in [0.05, 0.1) is 17.3 Å². The molecular weight excluding hydrogens is 300 g/mol. The van der Waals surface area contributed by atoms with Crippen LogP contribution < -0.4 is 4.90 Å². The fourth-order valence-electron chi connectivity index (χ4n) is 3.29. The van der Waals surface area contributed by atoms with Crippen LogP contribution in [0.5, 0.6) is 0 Å². The molecule has 0 radical (unpaired) electrons. The average molecular weight is 320 g/mol. The van der Waals surface area contributed by atoms with Gasteiger partial charge in [-0.25, -0.2) is 4.52 Å². The number of fused-ring (bicyclic) bond motifs is 2. The lowest BCUT2D eigenvalue weighted by molar-refractivity contribution is 0.0753. The van der Waals surface area contributed by atoms with Crippen LogP contribution in [0.3, 0.4) is 0 Å². The molecule has 0 aliphatic carbocycles. The second kappa shape index (κ2) is 5.67. The Morgan fingerprint density at radius 1 is 1.17 bits per heavy atom. The van der Waals surface area contributed by atoms with Crippen LogP contribution in [-0.4, -0.2) is 40.6 Å². The van der Waals surface area contributed by atoms with E-state index in [1.54, 1.807) is 10.7 Å². The monoisotopic (exact) mass is 320 g/mol. The number of likely N-dealkylation sites (N-methyl/N-ethyl adjacent to an activating group) is 1. The Morgan fingerprint density at radius 2 is 2.00 bits per heavy atom. The average Bonchev–Trinajstić information content (AvgIpc) is 2.92. The first-order valence-corrected chi connectivity index (χ1v) is 8.16. The number of pyridine rings is 1. The van der Waals surface area contributed by atoms with Gasteiger partial charge in [0.15, 0.2) is 0 Å². The minimum Gasteiger partial charge on any atom is -0.373 e. The number of benzene rings is 1. The van der Waals surface area contributed by atoms with Crippen molar-refractivity contribution < 1.29 is 4.79 Å². The molecule has 122 valence electrons. The highest BCUT2D eigenvalue weighted by Crippen LogP contribution is 2.25. The largest absolute Gasteiger partial charge is 0.373 e. The highest BCUT2D eigenvalue weighted by Gasteiger charge is 2.24. The van der Waals surface area contributed by atoms with Crippen LogP contribution in [-0.2, 0) is 6.54 Å². The van der Waals surface area contributed by atoms with E-state index in [4.69, 9.17) is 0 Å². The number of aromatic nitrogens is 2. The fraction of sp³-hybridized carbons (Fsp3) is 0.263. The van der Waals surface area contributed by atoms with Crippen molar-refractivity contribution in [2.45, 2.75) is 13.5 Å². The number of hydrogen-bond donors (Lipinski definition) is 0. The summed E-state index contributed by atoms with van der Waals surface area (Å²) >= 11 is 0. The molecule has 0 bridgehead atoms. The first kappa shape index (κ1) is 14.8. The van der Waals surface area contributed by atoms with E-state index >= 15 is 0 Å². The summed E-state index contributed by atoms with van der Waals surface area (Å²) in [6.07, 6.45) is 3.57. The third kappa shape index (κ3) is 2.42. The van der Waals surface area contributed by atoms with Gasteiger partial charge in [0, 0.05) is 38.6 Å².